The molecule has 5 heteroatoms. The molecular weight excluding hydrogens is 214 g/mol. The molecule has 2 unspecified atom stereocenters. The molecule has 1 saturated heterocycles. The van der Waals surface area contributed by atoms with Gasteiger partial charge in [-0.3, -0.25) is 4.98 Å². The van der Waals surface area contributed by atoms with Gasteiger partial charge < -0.3 is 15.5 Å². The van der Waals surface area contributed by atoms with Gasteiger partial charge in [0.05, 0.1) is 11.9 Å². The molecule has 0 bridgehead atoms. The van der Waals surface area contributed by atoms with Gasteiger partial charge in [-0.25, -0.2) is 4.98 Å². The van der Waals surface area contributed by atoms with Gasteiger partial charge in [0.1, 0.15) is 5.82 Å². The zero-order valence-electron chi connectivity index (χ0n) is 10.8. The smallest absolute Gasteiger partial charge is 0.147 e. The monoisotopic (exact) mass is 235 g/mol. The molecule has 2 rings (SSSR count). The third kappa shape index (κ3) is 2.56. The minimum absolute atomic E-state index is 0.446. The molecule has 1 aromatic heterocycles. The fourth-order valence-corrected chi connectivity index (χ4v) is 2.45. The molecule has 1 aliphatic rings. The summed E-state index contributed by atoms with van der Waals surface area (Å²) in [5, 5.41) is 0. The lowest BCUT2D eigenvalue weighted by Crippen LogP contribution is -2.34. The Morgan fingerprint density at radius 3 is 2.76 bits per heavy atom. The van der Waals surface area contributed by atoms with Gasteiger partial charge >= 0.3 is 0 Å². The number of nitrogens with two attached hydrogens (primary N) is 1. The number of nitrogens with zero attached hydrogens (tertiary/aromatic N) is 4. The number of anilines is 1. The Hall–Kier alpha value is -1.20. The third-order valence-corrected chi connectivity index (χ3v) is 3.44. The maximum atomic E-state index is 5.59. The zero-order chi connectivity index (χ0) is 12.4. The van der Waals surface area contributed by atoms with Crippen LogP contribution >= 0.6 is 0 Å². The van der Waals surface area contributed by atoms with Crippen LogP contribution in [0.5, 0.6) is 0 Å². The summed E-state index contributed by atoms with van der Waals surface area (Å²) in [5.74, 6) is 1.59. The summed E-state index contributed by atoms with van der Waals surface area (Å²) in [6, 6.07) is 0.582. The van der Waals surface area contributed by atoms with Crippen molar-refractivity contribution in [1.29, 1.82) is 0 Å². The van der Waals surface area contributed by atoms with E-state index in [0.29, 0.717) is 18.5 Å². The topological polar surface area (TPSA) is 58.3 Å². The van der Waals surface area contributed by atoms with Gasteiger partial charge in [-0.15, -0.1) is 0 Å². The van der Waals surface area contributed by atoms with Gasteiger partial charge in [-0.1, -0.05) is 6.92 Å². The first-order valence-corrected chi connectivity index (χ1v) is 6.04. The van der Waals surface area contributed by atoms with E-state index in [4.69, 9.17) is 5.73 Å². The first kappa shape index (κ1) is 12.3. The van der Waals surface area contributed by atoms with E-state index in [0.717, 1.165) is 24.6 Å². The Bertz CT molecular complexity index is 379. The fourth-order valence-electron chi connectivity index (χ4n) is 2.45. The van der Waals surface area contributed by atoms with E-state index in [9.17, 15) is 0 Å². The van der Waals surface area contributed by atoms with Crippen LogP contribution < -0.4 is 10.6 Å². The van der Waals surface area contributed by atoms with Gasteiger partial charge in [0.25, 0.3) is 0 Å². The van der Waals surface area contributed by atoms with Gasteiger partial charge in [0, 0.05) is 31.9 Å². The van der Waals surface area contributed by atoms with Crippen molar-refractivity contribution in [2.75, 3.05) is 32.1 Å². The SMILES string of the molecule is CC1CN(c2cncc(CN)n2)CC1N(C)C. The summed E-state index contributed by atoms with van der Waals surface area (Å²) in [5.41, 5.74) is 6.44. The van der Waals surface area contributed by atoms with Crippen LogP contribution in [0, 0.1) is 5.92 Å². The van der Waals surface area contributed by atoms with E-state index in [2.05, 4.69) is 40.8 Å². The van der Waals surface area contributed by atoms with E-state index in [1.54, 1.807) is 6.20 Å². The van der Waals surface area contributed by atoms with Crippen LogP contribution in [0.1, 0.15) is 12.6 Å². The maximum Gasteiger partial charge on any atom is 0.147 e. The molecule has 0 radical (unpaired) electrons. The largest absolute Gasteiger partial charge is 0.353 e. The minimum atomic E-state index is 0.446. The Balaban J connectivity index is 2.13. The van der Waals surface area contributed by atoms with E-state index in [1.807, 2.05) is 6.20 Å². The van der Waals surface area contributed by atoms with Crippen molar-refractivity contribution >= 4 is 5.82 Å². The lowest BCUT2D eigenvalue weighted by atomic mass is 10.1. The van der Waals surface area contributed by atoms with E-state index in [1.165, 1.54) is 0 Å². The first-order valence-electron chi connectivity index (χ1n) is 6.04. The Kier molecular flexibility index (Phi) is 3.59. The highest BCUT2D eigenvalue weighted by Gasteiger charge is 2.31. The van der Waals surface area contributed by atoms with E-state index < -0.39 is 0 Å². The van der Waals surface area contributed by atoms with Crippen LogP contribution in [0.15, 0.2) is 12.4 Å². The molecule has 2 atom stereocenters. The fraction of sp³-hybridized carbons (Fsp3) is 0.667. The molecule has 1 fully saturated rings. The second-order valence-electron chi connectivity index (χ2n) is 4.99. The Morgan fingerprint density at radius 1 is 1.41 bits per heavy atom. The summed E-state index contributed by atoms with van der Waals surface area (Å²) in [7, 11) is 4.26. The predicted molar refractivity (Wildman–Crippen MR) is 68.8 cm³/mol. The number of hydrogen-bond donors (Lipinski definition) is 1. The molecule has 5 nitrogen and oxygen atoms in total. The summed E-state index contributed by atoms with van der Waals surface area (Å²) in [6.45, 7) is 4.77. The summed E-state index contributed by atoms with van der Waals surface area (Å²) in [4.78, 5) is 13.3. The normalized spacial score (nSPS) is 24.6. The van der Waals surface area contributed by atoms with Crippen LogP contribution in [-0.2, 0) is 6.54 Å². The van der Waals surface area contributed by atoms with E-state index >= 15 is 0 Å². The molecule has 94 valence electrons. The van der Waals surface area contributed by atoms with Crippen molar-refractivity contribution in [3.05, 3.63) is 18.1 Å². The van der Waals surface area contributed by atoms with Crippen molar-refractivity contribution in [2.24, 2.45) is 11.7 Å². The highest BCUT2D eigenvalue weighted by atomic mass is 15.3. The molecule has 2 N–H and O–H groups in total. The quantitative estimate of drug-likeness (QED) is 0.817. The van der Waals surface area contributed by atoms with Crippen molar-refractivity contribution in [2.45, 2.75) is 19.5 Å². The maximum absolute atomic E-state index is 5.59. The van der Waals surface area contributed by atoms with Crippen LogP contribution in [0.4, 0.5) is 5.82 Å². The van der Waals surface area contributed by atoms with E-state index in [-0.39, 0.29) is 0 Å². The summed E-state index contributed by atoms with van der Waals surface area (Å²) < 4.78 is 0. The van der Waals surface area contributed by atoms with Gasteiger partial charge in [0.15, 0.2) is 0 Å². The Labute approximate surface area is 103 Å². The number of aromatic nitrogens is 2. The molecule has 0 aromatic carbocycles. The lowest BCUT2D eigenvalue weighted by molar-refractivity contribution is 0.266. The second kappa shape index (κ2) is 4.98. The number of rotatable bonds is 3. The van der Waals surface area contributed by atoms with Crippen molar-refractivity contribution in [1.82, 2.24) is 14.9 Å². The lowest BCUT2D eigenvalue weighted by Gasteiger charge is -2.22. The highest BCUT2D eigenvalue weighted by Crippen LogP contribution is 2.24. The van der Waals surface area contributed by atoms with Gasteiger partial charge in [-0.2, -0.15) is 0 Å². The van der Waals surface area contributed by atoms with Gasteiger partial charge in [0.2, 0.25) is 0 Å². The molecule has 1 aromatic rings. The summed E-state index contributed by atoms with van der Waals surface area (Å²) >= 11 is 0. The third-order valence-electron chi connectivity index (χ3n) is 3.44. The van der Waals surface area contributed by atoms with Crippen LogP contribution in [0.3, 0.4) is 0 Å². The van der Waals surface area contributed by atoms with Crippen molar-refractivity contribution in [3.63, 3.8) is 0 Å². The van der Waals surface area contributed by atoms with Crippen molar-refractivity contribution in [3.8, 4) is 0 Å². The minimum Gasteiger partial charge on any atom is -0.353 e. The molecule has 0 saturated carbocycles. The molecule has 0 amide bonds. The van der Waals surface area contributed by atoms with Crippen LogP contribution in [-0.4, -0.2) is 48.1 Å². The standard InChI is InChI=1S/C12H21N5/c1-9-7-17(8-11(9)16(2)3)12-6-14-5-10(4-13)15-12/h5-6,9,11H,4,7-8,13H2,1-3H3. The predicted octanol–water partition coefficient (Wildman–Crippen LogP) is 0.322. The average Bonchev–Trinajstić information content (AvgIpc) is 2.71. The average molecular weight is 235 g/mol. The molecule has 17 heavy (non-hydrogen) atoms. The zero-order valence-corrected chi connectivity index (χ0v) is 10.8. The molecule has 1 aliphatic heterocycles. The second-order valence-corrected chi connectivity index (χ2v) is 4.99. The first-order chi connectivity index (χ1) is 8.11. The highest BCUT2D eigenvalue weighted by molar-refractivity contribution is 5.38. The molecule has 2 heterocycles. The molecule has 0 aliphatic carbocycles. The molecule has 0 spiro atoms. The van der Waals surface area contributed by atoms with Crippen LogP contribution in [0.25, 0.3) is 0 Å². The Morgan fingerprint density at radius 2 is 2.18 bits per heavy atom. The molecular formula is C12H21N5. The van der Waals surface area contributed by atoms with Crippen LogP contribution in [0.2, 0.25) is 0 Å². The number of likely N-dealkylation sites (N-methyl/N-ethyl adjacent to an activating group) is 1. The van der Waals surface area contributed by atoms with Gasteiger partial charge in [-0.05, 0) is 20.0 Å². The van der Waals surface area contributed by atoms with Crippen molar-refractivity contribution < 1.29 is 0 Å². The number of hydrogen-bond acceptors (Lipinski definition) is 5. The summed E-state index contributed by atoms with van der Waals surface area (Å²) in [6.07, 6.45) is 3.55.